The number of carbonyl (C=O) groups excluding carboxylic acids is 1. The van der Waals surface area contributed by atoms with Crippen molar-refractivity contribution in [3.8, 4) is 0 Å². The number of aliphatic hydroxyl groups is 2. The number of carbonyl (C=O) groups is 3. The molecular weight excluding hydrogens is 474 g/mol. The highest BCUT2D eigenvalue weighted by atomic mass is 16.4. The number of fused-ring (bicyclic) bond motifs is 5. The SMILES string of the molecule is CC(CCC(=O)NC(CCC(=O)O)C(=O)O)C1CCC2C3CC(O)C4CC(O)CCC4(C)C3CCC12C. The topological polar surface area (TPSA) is 144 Å². The van der Waals surface area contributed by atoms with Gasteiger partial charge in [-0.1, -0.05) is 20.8 Å². The summed E-state index contributed by atoms with van der Waals surface area (Å²) in [5.41, 5.74) is 0.283. The van der Waals surface area contributed by atoms with Crippen LogP contribution in [0.3, 0.4) is 0 Å². The molecule has 37 heavy (non-hydrogen) atoms. The van der Waals surface area contributed by atoms with E-state index >= 15 is 0 Å². The predicted molar refractivity (Wildman–Crippen MR) is 137 cm³/mol. The molecule has 0 spiro atoms. The molecule has 4 aliphatic carbocycles. The van der Waals surface area contributed by atoms with Gasteiger partial charge in [0.2, 0.25) is 5.91 Å². The average molecular weight is 522 g/mol. The molecule has 0 aromatic heterocycles. The summed E-state index contributed by atoms with van der Waals surface area (Å²) in [6.45, 7) is 7.02. The van der Waals surface area contributed by atoms with Crippen LogP contribution >= 0.6 is 0 Å². The summed E-state index contributed by atoms with van der Waals surface area (Å²) in [5.74, 6) is 0.0716. The van der Waals surface area contributed by atoms with Crippen LogP contribution in [-0.2, 0) is 14.4 Å². The number of nitrogens with one attached hydrogen (secondary N) is 1. The van der Waals surface area contributed by atoms with Gasteiger partial charge in [0.25, 0.3) is 0 Å². The van der Waals surface area contributed by atoms with Crippen LogP contribution in [0.1, 0.15) is 97.8 Å². The van der Waals surface area contributed by atoms with Gasteiger partial charge in [-0.05, 0) is 111 Å². The second-order valence-corrected chi connectivity index (χ2v) is 13.4. The summed E-state index contributed by atoms with van der Waals surface area (Å²) >= 11 is 0. The molecule has 0 heterocycles. The zero-order chi connectivity index (χ0) is 27.1. The Balaban J connectivity index is 1.37. The highest BCUT2D eigenvalue weighted by molar-refractivity contribution is 5.83. The number of aliphatic hydroxyl groups excluding tert-OH is 2. The molecule has 4 aliphatic rings. The van der Waals surface area contributed by atoms with Crippen LogP contribution < -0.4 is 5.32 Å². The van der Waals surface area contributed by atoms with Crippen molar-refractivity contribution in [1.29, 1.82) is 0 Å². The van der Waals surface area contributed by atoms with Crippen molar-refractivity contribution in [1.82, 2.24) is 5.32 Å². The van der Waals surface area contributed by atoms with E-state index in [1.165, 1.54) is 6.42 Å². The molecular formula is C29H47NO7. The monoisotopic (exact) mass is 521 g/mol. The molecule has 0 aromatic rings. The molecule has 0 aliphatic heterocycles. The molecule has 5 N–H and O–H groups in total. The number of hydrogen-bond acceptors (Lipinski definition) is 5. The van der Waals surface area contributed by atoms with Crippen LogP contribution in [0.2, 0.25) is 0 Å². The van der Waals surface area contributed by atoms with Crippen molar-refractivity contribution in [3.63, 3.8) is 0 Å². The summed E-state index contributed by atoms with van der Waals surface area (Å²) in [5, 5.41) is 42.2. The van der Waals surface area contributed by atoms with Crippen molar-refractivity contribution in [2.75, 3.05) is 0 Å². The highest BCUT2D eigenvalue weighted by Gasteiger charge is 2.62. The Bertz CT molecular complexity index is 878. The van der Waals surface area contributed by atoms with Gasteiger partial charge in [-0.25, -0.2) is 4.79 Å². The maximum absolute atomic E-state index is 12.5. The van der Waals surface area contributed by atoms with Crippen LogP contribution in [0.25, 0.3) is 0 Å². The standard InChI is InChI=1S/C29H47NO7/c1-16(4-8-25(33)30-23(27(36)37)7-9-26(34)35)19-5-6-20-18-15-24(32)22-14-17(31)10-12-29(22,3)21(18)11-13-28(19,20)2/h16-24,31-32H,4-15H2,1-3H3,(H,30,33)(H,34,35)(H,36,37). The van der Waals surface area contributed by atoms with Gasteiger partial charge < -0.3 is 25.7 Å². The minimum Gasteiger partial charge on any atom is -0.481 e. The van der Waals surface area contributed by atoms with Gasteiger partial charge in [-0.3, -0.25) is 9.59 Å². The quantitative estimate of drug-likeness (QED) is 0.310. The second kappa shape index (κ2) is 10.8. The van der Waals surface area contributed by atoms with Crippen molar-refractivity contribution >= 4 is 17.8 Å². The van der Waals surface area contributed by atoms with E-state index < -0.39 is 18.0 Å². The Kier molecular flexibility index (Phi) is 8.30. The van der Waals surface area contributed by atoms with Crippen LogP contribution in [0.5, 0.6) is 0 Å². The van der Waals surface area contributed by atoms with Crippen molar-refractivity contribution in [2.24, 2.45) is 46.3 Å². The smallest absolute Gasteiger partial charge is 0.326 e. The first-order valence-electron chi connectivity index (χ1n) is 14.5. The van der Waals surface area contributed by atoms with E-state index in [2.05, 4.69) is 26.1 Å². The van der Waals surface area contributed by atoms with Gasteiger partial charge in [0.1, 0.15) is 6.04 Å². The summed E-state index contributed by atoms with van der Waals surface area (Å²) in [7, 11) is 0. The van der Waals surface area contributed by atoms with Crippen molar-refractivity contribution < 1.29 is 34.8 Å². The minimum absolute atomic E-state index is 0.103. The molecule has 11 unspecified atom stereocenters. The van der Waals surface area contributed by atoms with Gasteiger partial charge in [-0.2, -0.15) is 0 Å². The van der Waals surface area contributed by atoms with Gasteiger partial charge in [0.15, 0.2) is 0 Å². The zero-order valence-electron chi connectivity index (χ0n) is 22.7. The fraction of sp³-hybridized carbons (Fsp3) is 0.897. The summed E-state index contributed by atoms with van der Waals surface area (Å²) < 4.78 is 0. The van der Waals surface area contributed by atoms with Gasteiger partial charge in [0, 0.05) is 12.8 Å². The van der Waals surface area contributed by atoms with Gasteiger partial charge >= 0.3 is 11.9 Å². The van der Waals surface area contributed by atoms with E-state index in [9.17, 15) is 29.7 Å². The van der Waals surface area contributed by atoms with Gasteiger partial charge in [-0.15, -0.1) is 0 Å². The molecule has 0 radical (unpaired) electrons. The maximum Gasteiger partial charge on any atom is 0.326 e. The number of carboxylic acids is 2. The molecule has 0 saturated heterocycles. The lowest BCUT2D eigenvalue weighted by Gasteiger charge is -2.62. The molecule has 8 heteroatoms. The largest absolute Gasteiger partial charge is 0.481 e. The van der Waals surface area contributed by atoms with E-state index in [1.54, 1.807) is 0 Å². The normalized spacial score (nSPS) is 42.6. The predicted octanol–water partition coefficient (Wildman–Crippen LogP) is 3.83. The fourth-order valence-electron chi connectivity index (χ4n) is 9.61. The summed E-state index contributed by atoms with van der Waals surface area (Å²) in [6.07, 6.45) is 7.89. The lowest BCUT2D eigenvalue weighted by atomic mass is 9.44. The first-order chi connectivity index (χ1) is 17.4. The Morgan fingerprint density at radius 1 is 0.865 bits per heavy atom. The number of hydrogen-bond donors (Lipinski definition) is 5. The first kappa shape index (κ1) is 28.3. The molecule has 8 nitrogen and oxygen atoms in total. The van der Waals surface area contributed by atoms with Gasteiger partial charge in [0.05, 0.1) is 12.2 Å². The van der Waals surface area contributed by atoms with Crippen molar-refractivity contribution in [3.05, 3.63) is 0 Å². The van der Waals surface area contributed by atoms with E-state index in [0.717, 1.165) is 44.9 Å². The van der Waals surface area contributed by atoms with Crippen molar-refractivity contribution in [2.45, 2.75) is 116 Å². The van der Waals surface area contributed by atoms with Crippen LogP contribution in [0.4, 0.5) is 0 Å². The Labute approximate surface area is 220 Å². The molecule has 11 atom stereocenters. The van der Waals surface area contributed by atoms with E-state index in [-0.39, 0.29) is 54.1 Å². The van der Waals surface area contributed by atoms with Crippen LogP contribution in [0.15, 0.2) is 0 Å². The molecule has 0 bridgehead atoms. The lowest BCUT2D eigenvalue weighted by Crippen LogP contribution is -2.58. The molecule has 1 amide bonds. The summed E-state index contributed by atoms with van der Waals surface area (Å²) in [6, 6.07) is -1.17. The molecule has 4 rings (SSSR count). The Hall–Kier alpha value is -1.67. The number of aliphatic carboxylic acids is 2. The van der Waals surface area contributed by atoms with E-state index in [4.69, 9.17) is 5.11 Å². The summed E-state index contributed by atoms with van der Waals surface area (Å²) in [4.78, 5) is 34.8. The van der Waals surface area contributed by atoms with E-state index in [1.807, 2.05) is 0 Å². The highest BCUT2D eigenvalue weighted by Crippen LogP contribution is 2.68. The third kappa shape index (κ3) is 5.42. The van der Waals surface area contributed by atoms with E-state index in [0.29, 0.717) is 36.0 Å². The van der Waals surface area contributed by atoms with Crippen LogP contribution in [0, 0.1) is 46.3 Å². The number of carboxylic acid groups (broad SMARTS) is 2. The maximum atomic E-state index is 12.5. The molecule has 210 valence electrons. The Morgan fingerprint density at radius 2 is 1.54 bits per heavy atom. The zero-order valence-corrected chi connectivity index (χ0v) is 22.7. The van der Waals surface area contributed by atoms with Crippen LogP contribution in [-0.4, -0.2) is 56.5 Å². The molecule has 0 aromatic carbocycles. The number of amides is 1. The first-order valence-corrected chi connectivity index (χ1v) is 14.5. The minimum atomic E-state index is -1.20. The number of rotatable bonds is 9. The fourth-order valence-corrected chi connectivity index (χ4v) is 9.61. The third-order valence-electron chi connectivity index (χ3n) is 11.5. The Morgan fingerprint density at radius 3 is 2.22 bits per heavy atom. The molecule has 4 saturated carbocycles. The second-order valence-electron chi connectivity index (χ2n) is 13.4. The molecule has 4 fully saturated rings. The third-order valence-corrected chi connectivity index (χ3v) is 11.5. The average Bonchev–Trinajstić information content (AvgIpc) is 3.18. The lowest BCUT2D eigenvalue weighted by molar-refractivity contribution is -0.172.